The number of carbonyl (C=O) groups excluding carboxylic acids is 2. The Morgan fingerprint density at radius 3 is 2.48 bits per heavy atom. The van der Waals surface area contributed by atoms with Crippen molar-refractivity contribution in [2.24, 2.45) is 0 Å². The van der Waals surface area contributed by atoms with Crippen LogP contribution in [-0.4, -0.2) is 53.6 Å². The number of thiazole rings is 1. The van der Waals surface area contributed by atoms with Gasteiger partial charge in [-0.05, 0) is 36.4 Å². The second-order valence-corrected chi connectivity index (χ2v) is 10.4. The van der Waals surface area contributed by atoms with E-state index in [9.17, 15) is 9.59 Å². The number of aromatic nitrogens is 1. The second-order valence-electron chi connectivity index (χ2n) is 7.44. The maximum absolute atomic E-state index is 12.7. The monoisotopic (exact) mass is 520 g/mol. The molecule has 3 aromatic rings. The first-order chi connectivity index (χ1) is 16.0. The van der Waals surface area contributed by atoms with Crippen molar-refractivity contribution in [3.05, 3.63) is 69.7 Å². The zero-order chi connectivity index (χ0) is 23.2. The maximum Gasteiger partial charge on any atom is 0.234 e. The van der Waals surface area contributed by atoms with Gasteiger partial charge in [0.1, 0.15) is 0 Å². The number of hydrogen-bond acceptors (Lipinski definition) is 6. The van der Waals surface area contributed by atoms with Gasteiger partial charge in [-0.3, -0.25) is 9.59 Å². The van der Waals surface area contributed by atoms with Gasteiger partial charge in [-0.1, -0.05) is 47.1 Å². The van der Waals surface area contributed by atoms with E-state index in [1.165, 1.54) is 23.1 Å². The predicted molar refractivity (Wildman–Crippen MR) is 137 cm³/mol. The van der Waals surface area contributed by atoms with Crippen LogP contribution in [0.2, 0.25) is 10.0 Å². The summed E-state index contributed by atoms with van der Waals surface area (Å²) in [5, 5.41) is 6.06. The lowest BCUT2D eigenvalue weighted by molar-refractivity contribution is -0.130. The number of para-hydroxylation sites is 1. The van der Waals surface area contributed by atoms with E-state index in [0.29, 0.717) is 23.8 Å². The van der Waals surface area contributed by atoms with Gasteiger partial charge in [0.2, 0.25) is 11.8 Å². The van der Waals surface area contributed by atoms with Gasteiger partial charge >= 0.3 is 0 Å². The van der Waals surface area contributed by atoms with Crippen LogP contribution in [0.25, 0.3) is 0 Å². The molecule has 6 nitrogen and oxygen atoms in total. The maximum atomic E-state index is 12.7. The van der Waals surface area contributed by atoms with Gasteiger partial charge in [-0.2, -0.15) is 0 Å². The van der Waals surface area contributed by atoms with Gasteiger partial charge in [0, 0.05) is 42.3 Å². The van der Waals surface area contributed by atoms with Crippen LogP contribution >= 0.6 is 46.3 Å². The Bertz CT molecular complexity index is 1120. The fourth-order valence-corrected chi connectivity index (χ4v) is 5.49. The average molecular weight is 521 g/mol. The summed E-state index contributed by atoms with van der Waals surface area (Å²) < 4.78 is 0.771. The van der Waals surface area contributed by atoms with Gasteiger partial charge in [-0.15, -0.1) is 11.3 Å². The number of piperazine rings is 1. The first-order valence-electron chi connectivity index (χ1n) is 10.4. The third kappa shape index (κ3) is 6.63. The molecule has 0 aliphatic carbocycles. The normalized spacial score (nSPS) is 13.8. The number of nitrogens with zero attached hydrogens (tertiary/aromatic N) is 3. The van der Waals surface area contributed by atoms with Gasteiger partial charge in [0.15, 0.2) is 4.34 Å². The first-order valence-corrected chi connectivity index (χ1v) is 13.0. The molecule has 0 atom stereocenters. The van der Waals surface area contributed by atoms with Crippen LogP contribution < -0.4 is 10.2 Å². The predicted octanol–water partition coefficient (Wildman–Crippen LogP) is 5.07. The number of benzene rings is 2. The average Bonchev–Trinajstić information content (AvgIpc) is 3.27. The second kappa shape index (κ2) is 11.2. The summed E-state index contributed by atoms with van der Waals surface area (Å²) in [5.41, 5.74) is 2.44. The van der Waals surface area contributed by atoms with E-state index < -0.39 is 0 Å². The molecule has 0 saturated carbocycles. The van der Waals surface area contributed by atoms with Crippen molar-refractivity contribution in [1.29, 1.82) is 0 Å². The minimum absolute atomic E-state index is 0.0659. The number of thioether (sulfide) groups is 1. The molecular weight excluding hydrogens is 499 g/mol. The minimum Gasteiger partial charge on any atom is -0.367 e. The lowest BCUT2D eigenvalue weighted by Gasteiger charge is -2.36. The van der Waals surface area contributed by atoms with Crippen molar-refractivity contribution in [3.63, 3.8) is 0 Å². The van der Waals surface area contributed by atoms with Crippen molar-refractivity contribution in [2.45, 2.75) is 10.8 Å². The van der Waals surface area contributed by atoms with E-state index in [1.54, 1.807) is 24.3 Å². The molecule has 1 aromatic heterocycles. The molecule has 33 heavy (non-hydrogen) atoms. The third-order valence-corrected chi connectivity index (χ3v) is 7.78. The topological polar surface area (TPSA) is 65.5 Å². The van der Waals surface area contributed by atoms with Crippen LogP contribution in [0.15, 0.2) is 58.3 Å². The summed E-state index contributed by atoms with van der Waals surface area (Å²) in [5.74, 6) is 0.191. The Morgan fingerprint density at radius 1 is 1.03 bits per heavy atom. The smallest absolute Gasteiger partial charge is 0.234 e. The summed E-state index contributed by atoms with van der Waals surface area (Å²) in [6.45, 7) is 2.80. The number of halogens is 2. The Hall–Kier alpha value is -2.26. The van der Waals surface area contributed by atoms with Crippen molar-refractivity contribution in [1.82, 2.24) is 9.88 Å². The quantitative estimate of drug-likeness (QED) is 0.440. The highest BCUT2D eigenvalue weighted by Crippen LogP contribution is 2.27. The molecule has 1 aliphatic heterocycles. The number of anilines is 2. The number of amides is 2. The molecule has 0 spiro atoms. The van der Waals surface area contributed by atoms with Crippen molar-refractivity contribution < 1.29 is 9.59 Å². The SMILES string of the molecule is O=C(CSc1nc(CC(=O)N2CCN(c3ccccc3Cl)CC2)cs1)Nc1ccc(Cl)cc1. The highest BCUT2D eigenvalue weighted by Gasteiger charge is 2.23. The van der Waals surface area contributed by atoms with Crippen LogP contribution in [0.3, 0.4) is 0 Å². The van der Waals surface area contributed by atoms with Gasteiger partial charge in [-0.25, -0.2) is 4.98 Å². The molecule has 172 valence electrons. The van der Waals surface area contributed by atoms with E-state index in [0.717, 1.165) is 33.8 Å². The Labute approximate surface area is 210 Å². The van der Waals surface area contributed by atoms with Crippen molar-refractivity contribution >= 4 is 69.5 Å². The third-order valence-electron chi connectivity index (χ3n) is 5.14. The van der Waals surface area contributed by atoms with E-state index >= 15 is 0 Å². The van der Waals surface area contributed by atoms with Gasteiger partial charge in [0.25, 0.3) is 0 Å². The Kier molecular flexibility index (Phi) is 8.14. The van der Waals surface area contributed by atoms with E-state index in [2.05, 4.69) is 15.2 Å². The standard InChI is InChI=1S/C23H22Cl2N4O2S2/c24-16-5-7-17(8-6-16)26-21(30)15-33-23-27-18(14-32-23)13-22(31)29-11-9-28(10-12-29)20-4-2-1-3-19(20)25/h1-8,14H,9-13,15H2,(H,26,30). The molecule has 0 bridgehead atoms. The summed E-state index contributed by atoms with van der Waals surface area (Å²) in [7, 11) is 0. The summed E-state index contributed by atoms with van der Waals surface area (Å²) in [4.78, 5) is 33.5. The number of carbonyl (C=O) groups is 2. The van der Waals surface area contributed by atoms with Crippen molar-refractivity contribution in [2.75, 3.05) is 42.1 Å². The molecule has 10 heteroatoms. The van der Waals surface area contributed by atoms with Gasteiger partial charge < -0.3 is 15.1 Å². The van der Waals surface area contributed by atoms with E-state index in [4.69, 9.17) is 23.2 Å². The summed E-state index contributed by atoms with van der Waals surface area (Å²) in [6, 6.07) is 14.7. The highest BCUT2D eigenvalue weighted by atomic mass is 35.5. The molecule has 1 aliphatic rings. The van der Waals surface area contributed by atoms with Crippen molar-refractivity contribution in [3.8, 4) is 0 Å². The zero-order valence-corrected chi connectivity index (χ0v) is 20.8. The minimum atomic E-state index is -0.119. The summed E-state index contributed by atoms with van der Waals surface area (Å²) in [6.07, 6.45) is 0.264. The molecule has 1 N–H and O–H groups in total. The molecule has 4 rings (SSSR count). The molecular formula is C23H22Cl2N4O2S2. The highest BCUT2D eigenvalue weighted by molar-refractivity contribution is 8.01. The molecule has 0 unspecified atom stereocenters. The lowest BCUT2D eigenvalue weighted by atomic mass is 10.2. The Balaban J connectivity index is 1.22. The molecule has 0 radical (unpaired) electrons. The van der Waals surface area contributed by atoms with Crippen LogP contribution in [0.5, 0.6) is 0 Å². The molecule has 2 amide bonds. The fraction of sp³-hybridized carbons (Fsp3) is 0.261. The molecule has 2 aromatic carbocycles. The van der Waals surface area contributed by atoms with E-state index in [1.807, 2.05) is 34.5 Å². The Morgan fingerprint density at radius 2 is 1.76 bits per heavy atom. The van der Waals surface area contributed by atoms with Crippen LogP contribution in [0.1, 0.15) is 5.69 Å². The number of rotatable bonds is 7. The molecule has 1 saturated heterocycles. The first kappa shape index (κ1) is 23.9. The molecule has 1 fully saturated rings. The van der Waals surface area contributed by atoms with E-state index in [-0.39, 0.29) is 24.0 Å². The summed E-state index contributed by atoms with van der Waals surface area (Å²) >= 11 is 15.0. The lowest BCUT2D eigenvalue weighted by Crippen LogP contribution is -2.49. The largest absolute Gasteiger partial charge is 0.367 e. The van der Waals surface area contributed by atoms with Crippen LogP contribution in [-0.2, 0) is 16.0 Å². The van der Waals surface area contributed by atoms with Crippen LogP contribution in [0.4, 0.5) is 11.4 Å². The fourth-order valence-electron chi connectivity index (χ4n) is 3.47. The zero-order valence-electron chi connectivity index (χ0n) is 17.7. The number of nitrogens with one attached hydrogen (secondary N) is 1. The van der Waals surface area contributed by atoms with Gasteiger partial charge in [0.05, 0.1) is 28.6 Å². The molecule has 2 heterocycles. The number of hydrogen-bond donors (Lipinski definition) is 1. The van der Waals surface area contributed by atoms with Crippen LogP contribution in [0, 0.1) is 0 Å².